The molecule has 2 amide bonds. The molecule has 0 aromatic rings. The van der Waals surface area contributed by atoms with Gasteiger partial charge in [-0.25, -0.2) is 4.79 Å². The fourth-order valence-corrected chi connectivity index (χ4v) is 2.66. The largest absolute Gasteiger partial charge is 0.481 e. The predicted molar refractivity (Wildman–Crippen MR) is 75.6 cm³/mol. The van der Waals surface area contributed by atoms with Gasteiger partial charge in [0, 0.05) is 20.2 Å². The summed E-state index contributed by atoms with van der Waals surface area (Å²) in [5.41, 5.74) is -1.30. The summed E-state index contributed by atoms with van der Waals surface area (Å²) in [7, 11) is 1.58. The van der Waals surface area contributed by atoms with Gasteiger partial charge in [0.15, 0.2) is 0 Å². The van der Waals surface area contributed by atoms with Crippen LogP contribution in [0, 0.1) is 11.3 Å². The van der Waals surface area contributed by atoms with E-state index in [0.29, 0.717) is 19.6 Å². The molecule has 1 rings (SSSR count). The molecule has 1 aliphatic heterocycles. The van der Waals surface area contributed by atoms with Crippen LogP contribution in [0.15, 0.2) is 0 Å². The van der Waals surface area contributed by atoms with Gasteiger partial charge in [-0.15, -0.1) is 0 Å². The predicted octanol–water partition coefficient (Wildman–Crippen LogP) is 1.55. The van der Waals surface area contributed by atoms with Gasteiger partial charge in [-0.2, -0.15) is 0 Å². The Bertz CT molecular complexity index is 381. The minimum atomic E-state index is -0.831. The molecule has 0 aromatic carbocycles. The highest BCUT2D eigenvalue weighted by molar-refractivity contribution is 5.80. The Morgan fingerprint density at radius 3 is 2.45 bits per heavy atom. The van der Waals surface area contributed by atoms with Crippen molar-refractivity contribution in [3.8, 4) is 0 Å². The second-order valence-electron chi connectivity index (χ2n) is 6.53. The number of nitrogens with zero attached hydrogens (tertiary/aromatic N) is 1. The molecule has 0 aliphatic carbocycles. The van der Waals surface area contributed by atoms with Crippen LogP contribution in [-0.2, 0) is 9.53 Å². The summed E-state index contributed by atoms with van der Waals surface area (Å²) in [6, 6.07) is -0.226. The number of amides is 2. The highest BCUT2D eigenvalue weighted by atomic mass is 16.5. The molecule has 20 heavy (non-hydrogen) atoms. The molecular formula is C14H26N2O4. The van der Waals surface area contributed by atoms with Crippen LogP contribution in [0.25, 0.3) is 0 Å². The van der Waals surface area contributed by atoms with Gasteiger partial charge in [0.2, 0.25) is 0 Å². The van der Waals surface area contributed by atoms with Crippen molar-refractivity contribution in [1.29, 1.82) is 0 Å². The minimum Gasteiger partial charge on any atom is -0.481 e. The summed E-state index contributed by atoms with van der Waals surface area (Å²) in [4.78, 5) is 25.4. The summed E-state index contributed by atoms with van der Waals surface area (Å²) >= 11 is 0. The summed E-state index contributed by atoms with van der Waals surface area (Å²) < 4.78 is 5.06. The molecule has 1 unspecified atom stereocenters. The number of carboxylic acids is 1. The Morgan fingerprint density at radius 1 is 1.45 bits per heavy atom. The number of rotatable bonds is 5. The lowest BCUT2D eigenvalue weighted by Crippen LogP contribution is -2.52. The van der Waals surface area contributed by atoms with Crippen molar-refractivity contribution < 1.29 is 19.4 Å². The standard InChI is InChI=1S/C14H26N2O4/c1-10(2)14(11(17)18)6-7-16(8-14)12(19)15-13(3,4)9-20-5/h10H,6-9H2,1-5H3,(H,15,19)(H,17,18). The lowest BCUT2D eigenvalue weighted by Gasteiger charge is -2.31. The van der Waals surface area contributed by atoms with E-state index in [9.17, 15) is 14.7 Å². The highest BCUT2D eigenvalue weighted by Crippen LogP contribution is 2.38. The van der Waals surface area contributed by atoms with Crippen molar-refractivity contribution in [3.05, 3.63) is 0 Å². The zero-order valence-corrected chi connectivity index (χ0v) is 13.0. The summed E-state index contributed by atoms with van der Waals surface area (Å²) in [5.74, 6) is -0.830. The lowest BCUT2D eigenvalue weighted by molar-refractivity contribution is -0.150. The molecule has 2 N–H and O–H groups in total. The Balaban J connectivity index is 2.72. The third-order valence-corrected chi connectivity index (χ3v) is 4.07. The number of nitrogens with one attached hydrogen (secondary N) is 1. The topological polar surface area (TPSA) is 78.9 Å². The number of likely N-dealkylation sites (tertiary alicyclic amines) is 1. The third-order valence-electron chi connectivity index (χ3n) is 4.07. The van der Waals surface area contributed by atoms with Gasteiger partial charge < -0.3 is 20.1 Å². The Kier molecular flexibility index (Phi) is 5.02. The van der Waals surface area contributed by atoms with E-state index in [-0.39, 0.29) is 18.5 Å². The first-order valence-electron chi connectivity index (χ1n) is 6.94. The number of ether oxygens (including phenoxy) is 1. The van der Waals surface area contributed by atoms with Crippen molar-refractivity contribution in [3.63, 3.8) is 0 Å². The van der Waals surface area contributed by atoms with Gasteiger partial charge in [-0.1, -0.05) is 13.8 Å². The number of aliphatic carboxylic acids is 1. The normalized spacial score (nSPS) is 23.2. The SMILES string of the molecule is COCC(C)(C)NC(=O)N1CCC(C(=O)O)(C(C)C)C1. The van der Waals surface area contributed by atoms with Gasteiger partial charge in [-0.05, 0) is 26.2 Å². The molecule has 1 aliphatic rings. The molecule has 0 bridgehead atoms. The number of hydrogen-bond donors (Lipinski definition) is 2. The quantitative estimate of drug-likeness (QED) is 0.804. The van der Waals surface area contributed by atoms with E-state index in [4.69, 9.17) is 4.74 Å². The first-order valence-corrected chi connectivity index (χ1v) is 6.94. The summed E-state index contributed by atoms with van der Waals surface area (Å²) in [5, 5.41) is 12.4. The summed E-state index contributed by atoms with van der Waals surface area (Å²) in [6.07, 6.45) is 0.498. The first-order chi connectivity index (χ1) is 9.14. The Labute approximate surface area is 120 Å². The van der Waals surface area contributed by atoms with Crippen molar-refractivity contribution in [1.82, 2.24) is 10.2 Å². The molecule has 1 saturated heterocycles. The van der Waals surface area contributed by atoms with E-state index < -0.39 is 16.9 Å². The second-order valence-corrected chi connectivity index (χ2v) is 6.53. The van der Waals surface area contributed by atoms with Crippen molar-refractivity contribution in [2.24, 2.45) is 11.3 Å². The van der Waals surface area contributed by atoms with Gasteiger partial charge >= 0.3 is 12.0 Å². The average molecular weight is 286 g/mol. The molecule has 0 saturated carbocycles. The van der Waals surface area contributed by atoms with Crippen molar-refractivity contribution in [2.75, 3.05) is 26.8 Å². The molecule has 0 spiro atoms. The van der Waals surface area contributed by atoms with E-state index in [2.05, 4.69) is 5.32 Å². The van der Waals surface area contributed by atoms with E-state index in [1.807, 2.05) is 27.7 Å². The zero-order valence-electron chi connectivity index (χ0n) is 13.0. The monoisotopic (exact) mass is 286 g/mol. The Morgan fingerprint density at radius 2 is 2.05 bits per heavy atom. The van der Waals surface area contributed by atoms with Gasteiger partial charge in [0.1, 0.15) is 0 Å². The molecule has 1 fully saturated rings. The maximum atomic E-state index is 12.2. The van der Waals surface area contributed by atoms with Gasteiger partial charge in [0.05, 0.1) is 17.6 Å². The molecule has 1 atom stereocenters. The fraction of sp³-hybridized carbons (Fsp3) is 0.857. The zero-order chi connectivity index (χ0) is 15.6. The number of carbonyl (C=O) groups is 2. The number of carboxylic acid groups (broad SMARTS) is 1. The molecule has 116 valence electrons. The van der Waals surface area contributed by atoms with Crippen LogP contribution >= 0.6 is 0 Å². The van der Waals surface area contributed by atoms with Gasteiger partial charge in [0.25, 0.3) is 0 Å². The molecule has 0 radical (unpaired) electrons. The van der Waals surface area contributed by atoms with Crippen molar-refractivity contribution >= 4 is 12.0 Å². The minimum absolute atomic E-state index is 0.00946. The maximum Gasteiger partial charge on any atom is 0.317 e. The van der Waals surface area contributed by atoms with Crippen LogP contribution in [0.1, 0.15) is 34.1 Å². The fourth-order valence-electron chi connectivity index (χ4n) is 2.66. The molecular weight excluding hydrogens is 260 g/mol. The second kappa shape index (κ2) is 5.99. The average Bonchev–Trinajstić information content (AvgIpc) is 2.73. The highest BCUT2D eigenvalue weighted by Gasteiger charge is 2.48. The number of methoxy groups -OCH3 is 1. The number of carbonyl (C=O) groups excluding carboxylic acids is 1. The smallest absolute Gasteiger partial charge is 0.317 e. The third kappa shape index (κ3) is 3.42. The van der Waals surface area contributed by atoms with Crippen LogP contribution in [0.5, 0.6) is 0 Å². The van der Waals surface area contributed by atoms with E-state index in [1.165, 1.54) is 0 Å². The molecule has 0 aromatic heterocycles. The van der Waals surface area contributed by atoms with Crippen LogP contribution in [-0.4, -0.2) is 54.4 Å². The maximum absolute atomic E-state index is 12.2. The first kappa shape index (κ1) is 16.8. The van der Waals surface area contributed by atoms with Crippen LogP contribution in [0.2, 0.25) is 0 Å². The molecule has 6 heteroatoms. The van der Waals surface area contributed by atoms with E-state index in [0.717, 1.165) is 0 Å². The van der Waals surface area contributed by atoms with Crippen LogP contribution < -0.4 is 5.32 Å². The van der Waals surface area contributed by atoms with Crippen molar-refractivity contribution in [2.45, 2.75) is 39.7 Å². The lowest BCUT2D eigenvalue weighted by atomic mass is 9.76. The molecule has 1 heterocycles. The molecule has 6 nitrogen and oxygen atoms in total. The van der Waals surface area contributed by atoms with Crippen LogP contribution in [0.3, 0.4) is 0 Å². The summed E-state index contributed by atoms with van der Waals surface area (Å²) in [6.45, 7) is 8.67. The van der Waals surface area contributed by atoms with Crippen LogP contribution in [0.4, 0.5) is 4.79 Å². The number of hydrogen-bond acceptors (Lipinski definition) is 3. The van der Waals surface area contributed by atoms with E-state index >= 15 is 0 Å². The van der Waals surface area contributed by atoms with E-state index in [1.54, 1.807) is 12.0 Å². The number of urea groups is 1. The Hall–Kier alpha value is -1.30. The van der Waals surface area contributed by atoms with Gasteiger partial charge in [-0.3, -0.25) is 4.79 Å².